The molecular formula is C43H65N3O5. The Kier molecular flexibility index (Phi) is 10.6. The number of carbonyl (C=O) groups is 3. The third-order valence-corrected chi connectivity index (χ3v) is 14.6. The minimum atomic E-state index is -0.718. The van der Waals surface area contributed by atoms with E-state index in [0.717, 1.165) is 87.6 Å². The van der Waals surface area contributed by atoms with Crippen molar-refractivity contribution in [1.29, 1.82) is 0 Å². The smallest absolute Gasteiger partial charge is 0.303 e. The van der Waals surface area contributed by atoms with Crippen molar-refractivity contribution < 1.29 is 24.2 Å². The molecule has 0 spiro atoms. The molecule has 282 valence electrons. The molecule has 3 aliphatic heterocycles. The predicted molar refractivity (Wildman–Crippen MR) is 199 cm³/mol. The van der Waals surface area contributed by atoms with E-state index in [4.69, 9.17) is 9.84 Å². The van der Waals surface area contributed by atoms with Crippen molar-refractivity contribution in [2.45, 2.75) is 124 Å². The van der Waals surface area contributed by atoms with E-state index in [-0.39, 0.29) is 18.0 Å². The van der Waals surface area contributed by atoms with Gasteiger partial charge in [-0.1, -0.05) is 65.5 Å². The van der Waals surface area contributed by atoms with Crippen LogP contribution >= 0.6 is 0 Å². The van der Waals surface area contributed by atoms with E-state index < -0.39 is 5.97 Å². The topological polar surface area (TPSA) is 89.7 Å². The molecule has 51 heavy (non-hydrogen) atoms. The first kappa shape index (κ1) is 36.7. The van der Waals surface area contributed by atoms with E-state index in [1.54, 1.807) is 5.57 Å². The van der Waals surface area contributed by atoms with Gasteiger partial charge in [0.05, 0.1) is 11.8 Å². The number of rotatable bonds is 13. The van der Waals surface area contributed by atoms with Crippen molar-refractivity contribution in [3.05, 3.63) is 34.8 Å². The lowest BCUT2D eigenvalue weighted by molar-refractivity contribution is -0.137. The Balaban J connectivity index is 0.000000197. The number of carbonyl (C=O) groups excluding carboxylic acids is 2. The van der Waals surface area contributed by atoms with Gasteiger partial charge in [0.2, 0.25) is 11.6 Å². The number of nitrogens with zero attached hydrogens (tertiary/aromatic N) is 3. The fraction of sp³-hybridized carbons (Fsp3) is 0.791. The molecule has 5 aliphatic carbocycles. The number of hydrogen-bond donors (Lipinski definition) is 1. The highest BCUT2D eigenvalue weighted by atomic mass is 16.5. The van der Waals surface area contributed by atoms with Crippen molar-refractivity contribution in [3.8, 4) is 0 Å². The molecule has 3 heterocycles. The van der Waals surface area contributed by atoms with E-state index in [0.29, 0.717) is 47.1 Å². The molecule has 0 amide bonds. The Bertz CT molecular complexity index is 1450. The van der Waals surface area contributed by atoms with Gasteiger partial charge in [0.15, 0.2) is 0 Å². The molecule has 3 saturated heterocycles. The highest BCUT2D eigenvalue weighted by Crippen LogP contribution is 2.67. The molecule has 0 aromatic rings. The molecule has 3 saturated carbocycles. The Morgan fingerprint density at radius 3 is 2.25 bits per heavy atom. The molecular weight excluding hydrogens is 638 g/mol. The monoisotopic (exact) mass is 703 g/mol. The summed E-state index contributed by atoms with van der Waals surface area (Å²) in [6.45, 7) is 18.6. The Morgan fingerprint density at radius 2 is 1.59 bits per heavy atom. The first-order valence-corrected chi connectivity index (χ1v) is 20.7. The summed E-state index contributed by atoms with van der Waals surface area (Å²) < 4.78 is 6.13. The van der Waals surface area contributed by atoms with Crippen LogP contribution in [0.3, 0.4) is 0 Å². The van der Waals surface area contributed by atoms with Crippen LogP contribution in [0.5, 0.6) is 0 Å². The predicted octanol–water partition coefficient (Wildman–Crippen LogP) is 7.46. The summed E-state index contributed by atoms with van der Waals surface area (Å²) >= 11 is 0. The number of ether oxygens (including phenoxy) is 1. The SMILES string of the molecule is CC(C)CCC[C@@H](C)[C@H]1CC[C@H]2[C@@H]3CC=C4C[C@@H](OCCCC(=O)O)CC[C@]4(C)[C@H]3CC[C@]12C.O=C1C=C(N2CC2)C(=O)C(N2CC2)=C1N1CC1. The lowest BCUT2D eigenvalue weighted by atomic mass is 9.47. The maximum atomic E-state index is 12.4. The van der Waals surface area contributed by atoms with Gasteiger partial charge < -0.3 is 24.5 Å². The Hall–Kier alpha value is -2.61. The number of ketones is 2. The number of fused-ring (bicyclic) bond motifs is 5. The zero-order chi connectivity index (χ0) is 36.1. The van der Waals surface area contributed by atoms with Crippen LogP contribution in [0.15, 0.2) is 34.8 Å². The number of hydrogen-bond acceptors (Lipinski definition) is 7. The summed E-state index contributed by atoms with van der Waals surface area (Å²) in [4.78, 5) is 41.2. The second-order valence-corrected chi connectivity index (χ2v) is 18.4. The average molecular weight is 704 g/mol. The van der Waals surface area contributed by atoms with Gasteiger partial charge in [0, 0.05) is 58.4 Å². The van der Waals surface area contributed by atoms with Gasteiger partial charge >= 0.3 is 5.97 Å². The van der Waals surface area contributed by atoms with Crippen LogP contribution < -0.4 is 0 Å². The first-order chi connectivity index (χ1) is 24.4. The van der Waals surface area contributed by atoms with Crippen LogP contribution in [0.4, 0.5) is 0 Å². The number of allylic oxidation sites excluding steroid dienone is 2. The minimum Gasteiger partial charge on any atom is -0.481 e. The maximum Gasteiger partial charge on any atom is 0.303 e. The van der Waals surface area contributed by atoms with Crippen molar-refractivity contribution in [1.82, 2.24) is 14.7 Å². The molecule has 0 radical (unpaired) electrons. The fourth-order valence-corrected chi connectivity index (χ4v) is 11.5. The quantitative estimate of drug-likeness (QED) is 0.0916. The number of carboxylic acids is 1. The lowest BCUT2D eigenvalue weighted by Gasteiger charge is -2.58. The highest BCUT2D eigenvalue weighted by molar-refractivity contribution is 6.22. The van der Waals surface area contributed by atoms with Crippen LogP contribution in [0.25, 0.3) is 0 Å². The van der Waals surface area contributed by atoms with Gasteiger partial charge in [-0.25, -0.2) is 0 Å². The van der Waals surface area contributed by atoms with Gasteiger partial charge in [-0.3, -0.25) is 14.4 Å². The molecule has 8 heteroatoms. The van der Waals surface area contributed by atoms with Crippen molar-refractivity contribution in [2.24, 2.45) is 46.3 Å². The molecule has 8 atom stereocenters. The number of Topliss-reactive ketones (excluding diaryl/α,β-unsaturated/α-hetero) is 1. The minimum absolute atomic E-state index is 0.00546. The largest absolute Gasteiger partial charge is 0.481 e. The van der Waals surface area contributed by atoms with Crippen LogP contribution in [0.2, 0.25) is 0 Å². The van der Waals surface area contributed by atoms with Crippen molar-refractivity contribution in [2.75, 3.05) is 45.9 Å². The third-order valence-electron chi connectivity index (χ3n) is 14.6. The van der Waals surface area contributed by atoms with E-state index in [9.17, 15) is 14.4 Å². The van der Waals surface area contributed by atoms with E-state index in [1.807, 2.05) is 14.7 Å². The molecule has 0 unspecified atom stereocenters. The molecule has 1 N–H and O–H groups in total. The van der Waals surface area contributed by atoms with E-state index in [1.165, 1.54) is 63.9 Å². The molecule has 0 aromatic heterocycles. The van der Waals surface area contributed by atoms with Gasteiger partial charge in [-0.2, -0.15) is 0 Å². The zero-order valence-electron chi connectivity index (χ0n) is 32.3. The molecule has 8 rings (SSSR count). The molecule has 8 nitrogen and oxygen atoms in total. The van der Waals surface area contributed by atoms with Gasteiger partial charge in [0.25, 0.3) is 0 Å². The first-order valence-electron chi connectivity index (χ1n) is 20.7. The normalized spacial score (nSPS) is 35.7. The van der Waals surface area contributed by atoms with Gasteiger partial charge in [-0.05, 0) is 104 Å². The molecule has 8 aliphatic rings. The average Bonchev–Trinajstić information content (AvgIpc) is 3.93. The second kappa shape index (κ2) is 14.7. The van der Waals surface area contributed by atoms with Crippen LogP contribution in [-0.4, -0.2) is 89.3 Å². The summed E-state index contributed by atoms with van der Waals surface area (Å²) in [5.74, 6) is 4.63. The van der Waals surface area contributed by atoms with E-state index >= 15 is 0 Å². The molecule has 6 fully saturated rings. The summed E-state index contributed by atoms with van der Waals surface area (Å²) in [5, 5.41) is 8.87. The maximum absolute atomic E-state index is 12.4. The second-order valence-electron chi connectivity index (χ2n) is 18.4. The van der Waals surface area contributed by atoms with E-state index in [2.05, 4.69) is 40.7 Å². The summed E-state index contributed by atoms with van der Waals surface area (Å²) in [6.07, 6.45) is 20.1. The third kappa shape index (κ3) is 7.59. The van der Waals surface area contributed by atoms with Gasteiger partial charge in [-0.15, -0.1) is 0 Å². The fourth-order valence-electron chi connectivity index (χ4n) is 11.5. The van der Waals surface area contributed by atoms with Crippen molar-refractivity contribution in [3.63, 3.8) is 0 Å². The zero-order valence-corrected chi connectivity index (χ0v) is 32.3. The summed E-state index contributed by atoms with van der Waals surface area (Å²) in [7, 11) is 0. The summed E-state index contributed by atoms with van der Waals surface area (Å²) in [6, 6.07) is 0. The highest BCUT2D eigenvalue weighted by Gasteiger charge is 2.59. The van der Waals surface area contributed by atoms with Crippen LogP contribution in [0.1, 0.15) is 118 Å². The Morgan fingerprint density at radius 1 is 0.882 bits per heavy atom. The lowest BCUT2D eigenvalue weighted by Crippen LogP contribution is -2.51. The standard InChI is InChI=1S/C31H52O3.C12H13N3O2/c1-21(2)8-6-9-22(3)26-13-14-27-25-12-11-23-20-24(34-19-7-10-29(32)33)15-17-30(23,4)28(25)16-18-31(26,27)5;16-9-7-8(13-1-2-13)12(17)11(15-5-6-15)10(9)14-3-4-14/h11,21-22,24-28H,6-10,12-20H2,1-5H3,(H,32,33);7H,1-6H2/t22-,24+,25+,26-,27+,28+,30+,31-;/m1./s1. The van der Waals surface area contributed by atoms with Crippen LogP contribution in [0, 0.1) is 46.3 Å². The van der Waals surface area contributed by atoms with Crippen molar-refractivity contribution >= 4 is 17.5 Å². The van der Waals surface area contributed by atoms with Gasteiger partial charge in [0.1, 0.15) is 11.4 Å². The number of carboxylic acid groups (broad SMARTS) is 1. The van der Waals surface area contributed by atoms with Crippen LogP contribution in [-0.2, 0) is 19.1 Å². The molecule has 0 aromatic carbocycles. The number of aliphatic carboxylic acids is 1. The molecule has 0 bridgehead atoms. The Labute approximate surface area is 307 Å². The summed E-state index contributed by atoms with van der Waals surface area (Å²) in [5.41, 5.74) is 4.48.